The Labute approximate surface area is 202 Å². The molecule has 2 amide bonds. The standard InChI is InChI=1S/C22H28Cl2N6O3/c1-21(2,3)33-20(32)29-22(4)8-10-30(11-9-22)19-27-16(18(26)31)14(17(25)28-19)12-6-5-7-13(23)15(12)24/h5-7H,8-11H2,1-4H3,(H2,26,31)(H,29,32)(H2,25,27,28). The van der Waals surface area contributed by atoms with Crippen molar-refractivity contribution in [3.05, 3.63) is 33.9 Å². The maximum atomic E-state index is 12.2. The summed E-state index contributed by atoms with van der Waals surface area (Å²) in [4.78, 5) is 35.2. The summed E-state index contributed by atoms with van der Waals surface area (Å²) in [6, 6.07) is 4.98. The zero-order chi connectivity index (χ0) is 24.6. The summed E-state index contributed by atoms with van der Waals surface area (Å²) in [6.45, 7) is 8.46. The lowest BCUT2D eigenvalue weighted by Crippen LogP contribution is -2.54. The first-order valence-electron chi connectivity index (χ1n) is 10.5. The molecule has 1 aliphatic heterocycles. The van der Waals surface area contributed by atoms with E-state index < -0.39 is 23.1 Å². The highest BCUT2D eigenvalue weighted by atomic mass is 35.5. The molecular formula is C22H28Cl2N6O3. The van der Waals surface area contributed by atoms with Crippen LogP contribution in [0.25, 0.3) is 11.1 Å². The fourth-order valence-electron chi connectivity index (χ4n) is 3.62. The molecule has 0 bridgehead atoms. The van der Waals surface area contributed by atoms with E-state index in [1.807, 2.05) is 32.6 Å². The van der Waals surface area contributed by atoms with Crippen molar-refractivity contribution < 1.29 is 14.3 Å². The molecule has 0 aliphatic carbocycles. The van der Waals surface area contributed by atoms with E-state index in [-0.39, 0.29) is 28.0 Å². The Bertz CT molecular complexity index is 1080. The third-order valence-electron chi connectivity index (χ3n) is 5.33. The molecule has 0 spiro atoms. The van der Waals surface area contributed by atoms with Gasteiger partial charge in [0.15, 0.2) is 0 Å². The Balaban J connectivity index is 1.84. The lowest BCUT2D eigenvalue weighted by Gasteiger charge is -2.40. The van der Waals surface area contributed by atoms with Gasteiger partial charge in [-0.2, -0.15) is 4.98 Å². The average molecular weight is 495 g/mol. The van der Waals surface area contributed by atoms with E-state index in [0.29, 0.717) is 36.5 Å². The highest BCUT2D eigenvalue weighted by Crippen LogP contribution is 2.38. The van der Waals surface area contributed by atoms with Crippen LogP contribution in [0.1, 0.15) is 51.0 Å². The topological polar surface area (TPSA) is 136 Å². The number of nitrogens with two attached hydrogens (primary N) is 2. The number of nitrogens with zero attached hydrogens (tertiary/aromatic N) is 3. The number of carbonyl (C=O) groups excluding carboxylic acids is 2. The largest absolute Gasteiger partial charge is 0.444 e. The summed E-state index contributed by atoms with van der Waals surface area (Å²) in [5, 5.41) is 3.49. The molecule has 2 heterocycles. The molecular weight excluding hydrogens is 467 g/mol. The summed E-state index contributed by atoms with van der Waals surface area (Å²) in [5.74, 6) is -0.412. The number of hydrogen-bond donors (Lipinski definition) is 3. The molecule has 178 valence electrons. The SMILES string of the molecule is CC1(NC(=O)OC(C)(C)C)CCN(c2nc(N)c(-c3cccc(Cl)c3Cl)c(C(N)=O)n2)CC1. The highest BCUT2D eigenvalue weighted by molar-refractivity contribution is 6.44. The van der Waals surface area contributed by atoms with Gasteiger partial charge in [-0.3, -0.25) is 4.79 Å². The maximum Gasteiger partial charge on any atom is 0.408 e. The van der Waals surface area contributed by atoms with Gasteiger partial charge in [-0.15, -0.1) is 0 Å². The van der Waals surface area contributed by atoms with Crippen LogP contribution in [0.4, 0.5) is 16.6 Å². The third kappa shape index (κ3) is 5.78. The normalized spacial score (nSPS) is 15.8. The summed E-state index contributed by atoms with van der Waals surface area (Å²) >= 11 is 12.4. The number of benzene rings is 1. The number of carbonyl (C=O) groups is 2. The van der Waals surface area contributed by atoms with Gasteiger partial charge >= 0.3 is 6.09 Å². The molecule has 0 unspecified atom stereocenters. The van der Waals surface area contributed by atoms with Crippen molar-refractivity contribution in [3.63, 3.8) is 0 Å². The average Bonchev–Trinajstić information content (AvgIpc) is 2.68. The molecule has 5 N–H and O–H groups in total. The summed E-state index contributed by atoms with van der Waals surface area (Å²) in [6.07, 6.45) is 0.768. The van der Waals surface area contributed by atoms with Gasteiger partial charge in [0.05, 0.1) is 15.6 Å². The van der Waals surface area contributed by atoms with Crippen molar-refractivity contribution in [3.8, 4) is 11.1 Å². The number of ether oxygens (including phenoxy) is 1. The molecule has 1 aromatic carbocycles. The molecule has 0 radical (unpaired) electrons. The quantitative estimate of drug-likeness (QED) is 0.583. The van der Waals surface area contributed by atoms with E-state index in [2.05, 4.69) is 15.3 Å². The summed E-state index contributed by atoms with van der Waals surface area (Å²) < 4.78 is 5.37. The number of nitrogens with one attached hydrogen (secondary N) is 1. The Hall–Kier alpha value is -2.78. The number of piperidine rings is 1. The Morgan fingerprint density at radius 2 is 1.82 bits per heavy atom. The number of anilines is 2. The number of nitrogen functional groups attached to an aromatic ring is 1. The minimum absolute atomic E-state index is 0.0399. The van der Waals surface area contributed by atoms with E-state index in [4.69, 9.17) is 39.4 Å². The lowest BCUT2D eigenvalue weighted by atomic mass is 9.90. The van der Waals surface area contributed by atoms with Gasteiger partial charge in [-0.1, -0.05) is 35.3 Å². The molecule has 33 heavy (non-hydrogen) atoms. The fourth-order valence-corrected chi connectivity index (χ4v) is 4.02. The number of rotatable bonds is 4. The molecule has 0 saturated carbocycles. The van der Waals surface area contributed by atoms with Crippen LogP contribution in [0, 0.1) is 0 Å². The van der Waals surface area contributed by atoms with Crippen LogP contribution < -0.4 is 21.7 Å². The second-order valence-corrected chi connectivity index (χ2v) is 10.1. The van der Waals surface area contributed by atoms with E-state index >= 15 is 0 Å². The second kappa shape index (κ2) is 9.23. The van der Waals surface area contributed by atoms with Gasteiger partial charge in [0.25, 0.3) is 5.91 Å². The van der Waals surface area contributed by atoms with Crippen LogP contribution in [0.5, 0.6) is 0 Å². The van der Waals surface area contributed by atoms with Crippen LogP contribution >= 0.6 is 23.2 Å². The first-order valence-corrected chi connectivity index (χ1v) is 11.2. The van der Waals surface area contributed by atoms with Crippen LogP contribution in [-0.2, 0) is 4.74 Å². The predicted octanol–water partition coefficient (Wildman–Crippen LogP) is 4.02. The Morgan fingerprint density at radius 3 is 2.39 bits per heavy atom. The van der Waals surface area contributed by atoms with Gasteiger partial charge in [0.1, 0.15) is 17.1 Å². The molecule has 11 heteroatoms. The van der Waals surface area contributed by atoms with E-state index in [1.54, 1.807) is 18.2 Å². The van der Waals surface area contributed by atoms with E-state index in [1.165, 1.54) is 0 Å². The zero-order valence-corrected chi connectivity index (χ0v) is 20.5. The summed E-state index contributed by atoms with van der Waals surface area (Å²) in [5.41, 5.74) is 11.4. The second-order valence-electron chi connectivity index (χ2n) is 9.27. The number of halogens is 2. The van der Waals surface area contributed by atoms with E-state index in [0.717, 1.165) is 0 Å². The van der Waals surface area contributed by atoms with Crippen molar-refractivity contribution in [2.75, 3.05) is 23.7 Å². The third-order valence-corrected chi connectivity index (χ3v) is 6.15. The zero-order valence-electron chi connectivity index (χ0n) is 19.0. The van der Waals surface area contributed by atoms with Crippen LogP contribution in [0.3, 0.4) is 0 Å². The maximum absolute atomic E-state index is 12.2. The van der Waals surface area contributed by atoms with Crippen LogP contribution in [0.2, 0.25) is 10.0 Å². The van der Waals surface area contributed by atoms with Gasteiger partial charge < -0.3 is 26.4 Å². The first-order chi connectivity index (χ1) is 15.3. The van der Waals surface area contributed by atoms with Crippen molar-refractivity contribution in [1.29, 1.82) is 0 Å². The Kier molecular flexibility index (Phi) is 6.95. The smallest absolute Gasteiger partial charge is 0.408 e. The minimum atomic E-state index is -0.759. The number of alkyl carbamates (subject to hydrolysis) is 1. The Morgan fingerprint density at radius 1 is 1.18 bits per heavy atom. The van der Waals surface area contributed by atoms with Crippen molar-refractivity contribution in [2.24, 2.45) is 5.73 Å². The summed E-state index contributed by atoms with van der Waals surface area (Å²) in [7, 11) is 0. The molecule has 1 aliphatic rings. The number of primary amides is 1. The molecule has 1 saturated heterocycles. The molecule has 2 aromatic rings. The number of amides is 2. The number of aromatic nitrogens is 2. The van der Waals surface area contributed by atoms with Gasteiger partial charge in [-0.05, 0) is 46.6 Å². The van der Waals surface area contributed by atoms with Gasteiger partial charge in [0.2, 0.25) is 5.95 Å². The van der Waals surface area contributed by atoms with Crippen molar-refractivity contribution >= 4 is 47.0 Å². The van der Waals surface area contributed by atoms with Crippen LogP contribution in [-0.4, -0.2) is 46.2 Å². The monoisotopic (exact) mass is 494 g/mol. The first kappa shape index (κ1) is 24.9. The van der Waals surface area contributed by atoms with E-state index in [9.17, 15) is 9.59 Å². The number of hydrogen-bond acceptors (Lipinski definition) is 7. The van der Waals surface area contributed by atoms with Crippen molar-refractivity contribution in [1.82, 2.24) is 15.3 Å². The molecule has 0 atom stereocenters. The molecule has 1 aromatic heterocycles. The molecule has 3 rings (SSSR count). The predicted molar refractivity (Wildman–Crippen MR) is 130 cm³/mol. The molecule has 9 nitrogen and oxygen atoms in total. The van der Waals surface area contributed by atoms with Crippen molar-refractivity contribution in [2.45, 2.75) is 51.7 Å². The fraction of sp³-hybridized carbons (Fsp3) is 0.455. The van der Waals surface area contributed by atoms with Crippen LogP contribution in [0.15, 0.2) is 18.2 Å². The van der Waals surface area contributed by atoms with Gasteiger partial charge in [-0.25, -0.2) is 9.78 Å². The minimum Gasteiger partial charge on any atom is -0.444 e. The lowest BCUT2D eigenvalue weighted by molar-refractivity contribution is 0.0448. The molecule has 1 fully saturated rings. The highest BCUT2D eigenvalue weighted by Gasteiger charge is 2.34. The van der Waals surface area contributed by atoms with Gasteiger partial charge in [0, 0.05) is 24.2 Å².